The molecule has 0 aliphatic carbocycles. The minimum absolute atomic E-state index is 0.205. The van der Waals surface area contributed by atoms with Crippen LogP contribution in [0.25, 0.3) is 0 Å². The highest BCUT2D eigenvalue weighted by Gasteiger charge is 2.50. The number of carbonyl (C=O) groups is 1. The van der Waals surface area contributed by atoms with Crippen LogP contribution >= 0.6 is 11.6 Å². The predicted octanol–water partition coefficient (Wildman–Crippen LogP) is 2.42. The van der Waals surface area contributed by atoms with E-state index < -0.39 is 36.9 Å². The summed E-state index contributed by atoms with van der Waals surface area (Å²) in [6.07, 6.45) is -3.93. The third kappa shape index (κ3) is 4.39. The van der Waals surface area contributed by atoms with Crippen molar-refractivity contribution in [2.45, 2.75) is 43.9 Å². The molecule has 0 aromatic heterocycles. The zero-order chi connectivity index (χ0) is 20.4. The van der Waals surface area contributed by atoms with Crippen molar-refractivity contribution in [2.24, 2.45) is 0 Å². The van der Waals surface area contributed by atoms with Crippen molar-refractivity contribution >= 4 is 17.5 Å². The van der Waals surface area contributed by atoms with Gasteiger partial charge < -0.3 is 29.4 Å². The van der Waals surface area contributed by atoms with Crippen molar-refractivity contribution < 1.29 is 28.8 Å². The predicted molar refractivity (Wildman–Crippen MR) is 104 cm³/mol. The monoisotopic (exact) mass is 419 g/mol. The highest BCUT2D eigenvalue weighted by atomic mass is 35.5. The Hall–Kier alpha value is -2.16. The molecule has 6 atom stereocenters. The topological polar surface area (TPSA) is 86.3 Å². The molecule has 2 saturated heterocycles. The van der Waals surface area contributed by atoms with Crippen LogP contribution < -0.4 is 10.1 Å². The van der Waals surface area contributed by atoms with E-state index in [9.17, 15) is 9.90 Å². The minimum Gasteiger partial charge on any atom is -0.461 e. The second-order valence-electron chi connectivity index (χ2n) is 6.98. The van der Waals surface area contributed by atoms with Crippen LogP contribution in [0.4, 0.5) is 0 Å². The van der Waals surface area contributed by atoms with E-state index in [-0.39, 0.29) is 12.5 Å². The smallest absolute Gasteiger partial charge is 0.223 e. The normalized spacial score (nSPS) is 31.6. The number of benzene rings is 2. The Morgan fingerprint density at radius 1 is 1.14 bits per heavy atom. The molecule has 2 aromatic carbocycles. The SMILES string of the molecule is CC(=O)N[C@H]1[C@H](Oc2ccccc2Cl)O[C@@H]2CO[C@H](c3ccccc3)O[C@H]2[C@@H]1O. The van der Waals surface area contributed by atoms with Gasteiger partial charge in [-0.15, -0.1) is 0 Å². The van der Waals surface area contributed by atoms with Gasteiger partial charge in [-0.25, -0.2) is 0 Å². The van der Waals surface area contributed by atoms with Crippen molar-refractivity contribution in [1.29, 1.82) is 0 Å². The summed E-state index contributed by atoms with van der Waals surface area (Å²) in [6.45, 7) is 1.57. The largest absolute Gasteiger partial charge is 0.461 e. The van der Waals surface area contributed by atoms with E-state index in [0.717, 1.165) is 5.56 Å². The van der Waals surface area contributed by atoms with Gasteiger partial charge in [0.25, 0.3) is 0 Å². The summed E-state index contributed by atoms with van der Waals surface area (Å²) in [4.78, 5) is 11.7. The van der Waals surface area contributed by atoms with Gasteiger partial charge >= 0.3 is 0 Å². The number of para-hydroxylation sites is 1. The van der Waals surface area contributed by atoms with E-state index in [1.807, 2.05) is 30.3 Å². The lowest BCUT2D eigenvalue weighted by atomic mass is 9.95. The molecular formula is C21H22ClNO6. The molecular weight excluding hydrogens is 398 g/mol. The van der Waals surface area contributed by atoms with Crippen molar-refractivity contribution in [1.82, 2.24) is 5.32 Å². The zero-order valence-corrected chi connectivity index (χ0v) is 16.5. The number of ether oxygens (including phenoxy) is 4. The average molecular weight is 420 g/mol. The highest BCUT2D eigenvalue weighted by molar-refractivity contribution is 6.32. The van der Waals surface area contributed by atoms with Gasteiger partial charge in [-0.3, -0.25) is 4.79 Å². The van der Waals surface area contributed by atoms with Crippen LogP contribution in [0.2, 0.25) is 5.02 Å². The van der Waals surface area contributed by atoms with Crippen LogP contribution in [0.15, 0.2) is 54.6 Å². The molecule has 0 unspecified atom stereocenters. The molecule has 7 nitrogen and oxygen atoms in total. The fraction of sp³-hybridized carbons (Fsp3) is 0.381. The zero-order valence-electron chi connectivity index (χ0n) is 15.7. The summed E-state index contributed by atoms with van der Waals surface area (Å²) in [6, 6.07) is 15.5. The molecule has 1 amide bonds. The number of rotatable bonds is 4. The second kappa shape index (κ2) is 8.69. The van der Waals surface area contributed by atoms with Gasteiger partial charge in [-0.05, 0) is 12.1 Å². The number of hydrogen-bond acceptors (Lipinski definition) is 6. The fourth-order valence-electron chi connectivity index (χ4n) is 3.53. The Kier molecular flexibility index (Phi) is 6.03. The quantitative estimate of drug-likeness (QED) is 0.791. The average Bonchev–Trinajstić information content (AvgIpc) is 2.73. The first-order valence-electron chi connectivity index (χ1n) is 9.37. The van der Waals surface area contributed by atoms with E-state index in [1.165, 1.54) is 6.92 Å². The molecule has 29 heavy (non-hydrogen) atoms. The van der Waals surface area contributed by atoms with E-state index in [4.69, 9.17) is 30.5 Å². The van der Waals surface area contributed by atoms with Gasteiger partial charge in [-0.1, -0.05) is 54.1 Å². The summed E-state index contributed by atoms with van der Waals surface area (Å²) >= 11 is 6.18. The summed E-state index contributed by atoms with van der Waals surface area (Å²) < 4.78 is 23.7. The molecule has 2 N–H and O–H groups in total. The summed E-state index contributed by atoms with van der Waals surface area (Å²) in [5.41, 5.74) is 0.837. The number of fused-ring (bicyclic) bond motifs is 1. The van der Waals surface area contributed by atoms with Gasteiger partial charge in [-0.2, -0.15) is 0 Å². The fourth-order valence-corrected chi connectivity index (χ4v) is 3.71. The Bertz CT molecular complexity index is 850. The lowest BCUT2D eigenvalue weighted by Gasteiger charge is -2.47. The molecule has 2 fully saturated rings. The molecule has 4 rings (SSSR count). The molecule has 0 bridgehead atoms. The van der Waals surface area contributed by atoms with Gasteiger partial charge in [0.15, 0.2) is 6.29 Å². The van der Waals surface area contributed by atoms with Crippen LogP contribution in [0.1, 0.15) is 18.8 Å². The van der Waals surface area contributed by atoms with E-state index in [0.29, 0.717) is 10.8 Å². The van der Waals surface area contributed by atoms with E-state index in [2.05, 4.69) is 5.32 Å². The molecule has 2 heterocycles. The van der Waals surface area contributed by atoms with Crippen LogP contribution in [0.5, 0.6) is 5.75 Å². The number of carbonyl (C=O) groups excluding carboxylic acids is 1. The van der Waals surface area contributed by atoms with Gasteiger partial charge in [0, 0.05) is 12.5 Å². The number of halogens is 1. The first-order chi connectivity index (χ1) is 14.0. The maximum atomic E-state index is 11.7. The van der Waals surface area contributed by atoms with Gasteiger partial charge in [0.05, 0.1) is 11.6 Å². The Morgan fingerprint density at radius 2 is 1.86 bits per heavy atom. The molecule has 0 radical (unpaired) electrons. The van der Waals surface area contributed by atoms with E-state index in [1.54, 1.807) is 24.3 Å². The van der Waals surface area contributed by atoms with Crippen LogP contribution in [0.3, 0.4) is 0 Å². The van der Waals surface area contributed by atoms with Gasteiger partial charge in [0.1, 0.15) is 30.1 Å². The lowest BCUT2D eigenvalue weighted by molar-refractivity contribution is -0.333. The first-order valence-corrected chi connectivity index (χ1v) is 9.74. The number of hydrogen-bond donors (Lipinski definition) is 2. The third-order valence-corrected chi connectivity index (χ3v) is 5.20. The van der Waals surface area contributed by atoms with Crippen LogP contribution in [0, 0.1) is 0 Å². The number of amides is 1. The Morgan fingerprint density at radius 3 is 2.59 bits per heavy atom. The molecule has 8 heteroatoms. The van der Waals surface area contributed by atoms with Crippen molar-refractivity contribution in [3.05, 3.63) is 65.2 Å². The molecule has 2 aliphatic rings. The Balaban J connectivity index is 1.55. The van der Waals surface area contributed by atoms with Crippen molar-refractivity contribution in [2.75, 3.05) is 6.61 Å². The van der Waals surface area contributed by atoms with Crippen molar-refractivity contribution in [3.63, 3.8) is 0 Å². The number of aliphatic hydroxyl groups is 1. The number of aliphatic hydroxyl groups excluding tert-OH is 1. The molecule has 0 spiro atoms. The maximum Gasteiger partial charge on any atom is 0.223 e. The second-order valence-corrected chi connectivity index (χ2v) is 7.39. The lowest BCUT2D eigenvalue weighted by Crippen LogP contribution is -2.67. The van der Waals surface area contributed by atoms with E-state index >= 15 is 0 Å². The number of nitrogens with one attached hydrogen (secondary N) is 1. The summed E-state index contributed by atoms with van der Waals surface area (Å²) in [7, 11) is 0. The Labute approximate surface area is 173 Å². The standard InChI is InChI=1S/C21H22ClNO6/c1-12(24)23-17-18(25)19-16(11-26-20(29-19)13-7-3-2-4-8-13)28-21(17)27-15-10-6-5-9-14(15)22/h2-10,16-21,25H,11H2,1H3,(H,23,24)/t16-,17-,18-,19-,20+,21-/m1/s1. The molecule has 2 aliphatic heterocycles. The first kappa shape index (κ1) is 20.1. The van der Waals surface area contributed by atoms with Crippen LogP contribution in [-0.4, -0.2) is 48.3 Å². The minimum atomic E-state index is -1.07. The van der Waals surface area contributed by atoms with Crippen molar-refractivity contribution in [3.8, 4) is 5.75 Å². The highest BCUT2D eigenvalue weighted by Crippen LogP contribution is 2.35. The molecule has 2 aromatic rings. The molecule has 154 valence electrons. The van der Waals surface area contributed by atoms with Crippen LogP contribution in [-0.2, 0) is 19.0 Å². The van der Waals surface area contributed by atoms with Gasteiger partial charge in [0.2, 0.25) is 12.2 Å². The third-order valence-electron chi connectivity index (χ3n) is 4.89. The summed E-state index contributed by atoms with van der Waals surface area (Å²) in [5, 5.41) is 14.1. The summed E-state index contributed by atoms with van der Waals surface area (Å²) in [5.74, 6) is 0.0653. The molecule has 0 saturated carbocycles. The maximum absolute atomic E-state index is 11.7.